The fourth-order valence-electron chi connectivity index (χ4n) is 2.27. The number of carbonyl (C=O) groups excluding carboxylic acids is 1. The monoisotopic (exact) mass is 412 g/mol. The number of hydrogen-bond donors (Lipinski definition) is 1. The highest BCUT2D eigenvalue weighted by Crippen LogP contribution is 2.32. The van der Waals surface area contributed by atoms with Crippen LogP contribution in [0.25, 0.3) is 0 Å². The van der Waals surface area contributed by atoms with E-state index in [2.05, 4.69) is 32.0 Å². The van der Waals surface area contributed by atoms with E-state index in [9.17, 15) is 18.0 Å². The summed E-state index contributed by atoms with van der Waals surface area (Å²) in [5.74, 6) is -0.318. The van der Waals surface area contributed by atoms with E-state index >= 15 is 0 Å². The van der Waals surface area contributed by atoms with Gasteiger partial charge in [-0.1, -0.05) is 18.2 Å². The van der Waals surface area contributed by atoms with E-state index in [-0.39, 0.29) is 22.4 Å². The molecule has 11 heteroatoms. The molecule has 0 aliphatic rings. The zero-order valence-corrected chi connectivity index (χ0v) is 15.7. The van der Waals surface area contributed by atoms with Crippen LogP contribution in [0.5, 0.6) is 0 Å². The molecule has 7 nitrogen and oxygen atoms in total. The predicted octanol–water partition coefficient (Wildman–Crippen LogP) is 3.88. The summed E-state index contributed by atoms with van der Waals surface area (Å²) >= 11 is 5.73. The van der Waals surface area contributed by atoms with Crippen LogP contribution in [0, 0.1) is 0 Å². The Morgan fingerprint density at radius 1 is 1.39 bits per heavy atom. The topological polar surface area (TPSA) is 84.5 Å². The van der Waals surface area contributed by atoms with Crippen LogP contribution in [-0.2, 0) is 6.18 Å². The maximum Gasteiger partial charge on any atom is 0.416 e. The number of alkyl halides is 3. The molecule has 0 spiro atoms. The van der Waals surface area contributed by atoms with Gasteiger partial charge in [0.25, 0.3) is 11.9 Å². The molecule has 0 saturated heterocycles. The average molecular weight is 413 g/mol. The van der Waals surface area contributed by atoms with E-state index in [0.717, 1.165) is 18.2 Å². The van der Waals surface area contributed by atoms with Crippen LogP contribution in [0.15, 0.2) is 47.3 Å². The smallest absolute Gasteiger partial charge is 0.342 e. The van der Waals surface area contributed by atoms with Gasteiger partial charge in [-0.3, -0.25) is 4.79 Å². The summed E-state index contributed by atoms with van der Waals surface area (Å²) in [6.45, 7) is 6.76. The Kier molecular flexibility index (Phi) is 6.68. The van der Waals surface area contributed by atoms with E-state index in [4.69, 9.17) is 11.6 Å². The molecule has 28 heavy (non-hydrogen) atoms. The number of benzene rings is 1. The van der Waals surface area contributed by atoms with Gasteiger partial charge in [-0.25, -0.2) is 15.0 Å². The molecule has 0 radical (unpaired) electrons. The third kappa shape index (κ3) is 5.03. The molecular weight excluding hydrogens is 397 g/mol. The second-order valence-electron chi connectivity index (χ2n) is 5.45. The van der Waals surface area contributed by atoms with E-state index in [1.165, 1.54) is 23.4 Å². The summed E-state index contributed by atoms with van der Waals surface area (Å²) in [5, 5.41) is 6.37. The Balaban J connectivity index is 2.30. The number of aromatic nitrogens is 3. The maximum atomic E-state index is 12.9. The molecule has 2 aromatic rings. The van der Waals surface area contributed by atoms with E-state index < -0.39 is 23.7 Å². The van der Waals surface area contributed by atoms with Crippen LogP contribution < -0.4 is 5.32 Å². The van der Waals surface area contributed by atoms with Crippen LogP contribution in [-0.4, -0.2) is 32.8 Å². The predicted molar refractivity (Wildman–Crippen MR) is 99.6 cm³/mol. The SMILES string of the molecule is C=CN=C(N=CC)n1ncnc1[C@H](C)NC(=O)c1cc(Cl)cc(C(F)(F)F)c1. The summed E-state index contributed by atoms with van der Waals surface area (Å²) in [7, 11) is 0. The van der Waals surface area contributed by atoms with Crippen molar-refractivity contribution in [1.82, 2.24) is 20.1 Å². The second-order valence-corrected chi connectivity index (χ2v) is 5.89. The Morgan fingerprint density at radius 3 is 2.71 bits per heavy atom. The molecule has 148 valence electrons. The van der Waals surface area contributed by atoms with Gasteiger partial charge in [0.05, 0.1) is 11.6 Å². The van der Waals surface area contributed by atoms with Gasteiger partial charge in [0.15, 0.2) is 5.82 Å². The van der Waals surface area contributed by atoms with Gasteiger partial charge in [-0.2, -0.15) is 23.0 Å². The standard InChI is InChI=1S/C17H16ClF3N6O/c1-4-22-16(23-5-2)27-14(24-9-25-27)10(3)26-15(28)11-6-12(17(19,20)21)8-13(18)7-11/h4-10H,1H2,2-3H3,(H,26,28)/t10-/m0/s1. The normalized spacial score (nSPS) is 13.6. The summed E-state index contributed by atoms with van der Waals surface area (Å²) in [5.41, 5.74) is -1.25. The van der Waals surface area contributed by atoms with Crippen LogP contribution in [0.2, 0.25) is 5.02 Å². The van der Waals surface area contributed by atoms with Gasteiger partial charge in [-0.15, -0.1) is 0 Å². The number of aliphatic imine (C=N–C) groups is 2. The molecule has 0 aliphatic carbocycles. The molecular formula is C17H16ClF3N6O. The highest BCUT2D eigenvalue weighted by molar-refractivity contribution is 6.31. The van der Waals surface area contributed by atoms with Crippen molar-refractivity contribution in [3.63, 3.8) is 0 Å². The lowest BCUT2D eigenvalue weighted by Crippen LogP contribution is -2.30. The quantitative estimate of drug-likeness (QED) is 0.611. The molecule has 0 aliphatic heterocycles. The molecule has 0 saturated carbocycles. The van der Waals surface area contributed by atoms with Crippen molar-refractivity contribution in [1.29, 1.82) is 0 Å². The number of hydrogen-bond acceptors (Lipinski definition) is 4. The van der Waals surface area contributed by atoms with Crippen LogP contribution in [0.1, 0.15) is 41.6 Å². The molecule has 0 unspecified atom stereocenters. The Bertz CT molecular complexity index is 935. The van der Waals surface area contributed by atoms with Gasteiger partial charge >= 0.3 is 6.18 Å². The molecule has 2 rings (SSSR count). The van der Waals surface area contributed by atoms with Crippen LogP contribution in [0.4, 0.5) is 13.2 Å². The highest BCUT2D eigenvalue weighted by atomic mass is 35.5. The Morgan fingerprint density at radius 2 is 2.11 bits per heavy atom. The fourth-order valence-corrected chi connectivity index (χ4v) is 2.50. The third-order valence-corrected chi connectivity index (χ3v) is 3.66. The lowest BCUT2D eigenvalue weighted by Gasteiger charge is -2.15. The van der Waals surface area contributed by atoms with E-state index in [1.54, 1.807) is 13.8 Å². The highest BCUT2D eigenvalue weighted by Gasteiger charge is 2.32. The number of amides is 1. The lowest BCUT2D eigenvalue weighted by molar-refractivity contribution is -0.137. The lowest BCUT2D eigenvalue weighted by atomic mass is 10.1. The number of rotatable bonds is 4. The van der Waals surface area contributed by atoms with Gasteiger partial charge in [0, 0.05) is 23.0 Å². The van der Waals surface area contributed by atoms with Crippen molar-refractivity contribution >= 4 is 29.7 Å². The summed E-state index contributed by atoms with van der Waals surface area (Å²) in [6.07, 6.45) is -0.633. The molecule has 1 atom stereocenters. The first-order valence-corrected chi connectivity index (χ1v) is 8.31. The van der Waals surface area contributed by atoms with Crippen molar-refractivity contribution in [2.45, 2.75) is 26.1 Å². The first-order valence-electron chi connectivity index (χ1n) is 7.93. The molecule has 1 amide bonds. The van der Waals surface area contributed by atoms with Gasteiger partial charge in [-0.05, 0) is 32.0 Å². The van der Waals surface area contributed by atoms with E-state index in [0.29, 0.717) is 0 Å². The number of halogens is 4. The van der Waals surface area contributed by atoms with Crippen LogP contribution >= 0.6 is 11.6 Å². The minimum atomic E-state index is -4.63. The van der Waals surface area contributed by atoms with Gasteiger partial charge in [0.2, 0.25) is 0 Å². The van der Waals surface area contributed by atoms with Crippen molar-refractivity contribution in [2.24, 2.45) is 9.98 Å². The first-order chi connectivity index (χ1) is 13.2. The van der Waals surface area contributed by atoms with Crippen LogP contribution in [0.3, 0.4) is 0 Å². The third-order valence-electron chi connectivity index (χ3n) is 3.44. The van der Waals surface area contributed by atoms with Crippen molar-refractivity contribution in [3.05, 3.63) is 59.3 Å². The fraction of sp³-hybridized carbons (Fsp3) is 0.235. The molecule has 1 aromatic carbocycles. The largest absolute Gasteiger partial charge is 0.416 e. The molecule has 0 bridgehead atoms. The number of nitrogens with zero attached hydrogens (tertiary/aromatic N) is 5. The average Bonchev–Trinajstić information content (AvgIpc) is 3.10. The van der Waals surface area contributed by atoms with Crippen molar-refractivity contribution < 1.29 is 18.0 Å². The van der Waals surface area contributed by atoms with Gasteiger partial charge in [0.1, 0.15) is 6.33 Å². The van der Waals surface area contributed by atoms with E-state index in [1.807, 2.05) is 0 Å². The zero-order chi connectivity index (χ0) is 20.9. The minimum absolute atomic E-state index is 0.160. The summed E-state index contributed by atoms with van der Waals surface area (Å²) in [6, 6.07) is 1.91. The van der Waals surface area contributed by atoms with Gasteiger partial charge < -0.3 is 5.32 Å². The first kappa shape index (κ1) is 21.3. The van der Waals surface area contributed by atoms with Crippen molar-refractivity contribution in [2.75, 3.05) is 0 Å². The Hall–Kier alpha value is -3.01. The minimum Gasteiger partial charge on any atom is -0.342 e. The second kappa shape index (κ2) is 8.79. The molecule has 1 aromatic heterocycles. The maximum absolute atomic E-state index is 12.9. The molecule has 0 fully saturated rings. The zero-order valence-electron chi connectivity index (χ0n) is 14.9. The Labute approximate surface area is 163 Å². The number of carbonyl (C=O) groups is 1. The summed E-state index contributed by atoms with van der Waals surface area (Å²) < 4.78 is 40.1. The number of nitrogens with one attached hydrogen (secondary N) is 1. The molecule has 1 N–H and O–H groups in total. The summed E-state index contributed by atoms with van der Waals surface area (Å²) in [4.78, 5) is 24.5. The van der Waals surface area contributed by atoms with Crippen molar-refractivity contribution in [3.8, 4) is 0 Å². The molecule has 1 heterocycles.